The van der Waals surface area contributed by atoms with Crippen molar-refractivity contribution in [2.75, 3.05) is 6.61 Å². The molecule has 0 bridgehead atoms. The quantitative estimate of drug-likeness (QED) is 0.848. The fourth-order valence-corrected chi connectivity index (χ4v) is 2.41. The van der Waals surface area contributed by atoms with Gasteiger partial charge in [0.25, 0.3) is 0 Å². The van der Waals surface area contributed by atoms with Crippen molar-refractivity contribution in [1.82, 2.24) is 4.72 Å². The number of halogens is 2. The number of fused-ring (bicyclic) bond motifs is 1. The number of nitrogens with one attached hydrogen (secondary N) is 1. The maximum atomic E-state index is 13.5. The van der Waals surface area contributed by atoms with Crippen molar-refractivity contribution >= 4 is 11.9 Å². The van der Waals surface area contributed by atoms with E-state index in [0.29, 0.717) is 12.3 Å². The lowest BCUT2D eigenvalue weighted by molar-refractivity contribution is -0.0214. The zero-order chi connectivity index (χ0) is 13.4. The minimum Gasteiger partial charge on any atom is -0.486 e. The predicted octanol–water partition coefficient (Wildman–Crippen LogP) is 3.71. The third-order valence-corrected chi connectivity index (χ3v) is 3.43. The Hall–Kier alpha value is -0.810. The van der Waals surface area contributed by atoms with Gasteiger partial charge in [-0.25, -0.2) is 0 Å². The average molecular weight is 273 g/mol. The minimum absolute atomic E-state index is 0.00237. The Morgan fingerprint density at radius 1 is 1.39 bits per heavy atom. The van der Waals surface area contributed by atoms with Gasteiger partial charge in [0.15, 0.2) is 6.61 Å². The van der Waals surface area contributed by atoms with Gasteiger partial charge in [0.05, 0.1) is 5.56 Å². The summed E-state index contributed by atoms with van der Waals surface area (Å²) < 4.78 is 35.4. The Kier molecular flexibility index (Phi) is 3.56. The molecule has 0 radical (unpaired) electrons. The van der Waals surface area contributed by atoms with Crippen molar-refractivity contribution in [1.29, 1.82) is 0 Å². The summed E-state index contributed by atoms with van der Waals surface area (Å²) in [6, 6.07) is 4.90. The van der Waals surface area contributed by atoms with E-state index >= 15 is 0 Å². The molecule has 0 spiro atoms. The molecule has 0 aromatic heterocycles. The van der Waals surface area contributed by atoms with Gasteiger partial charge in [0, 0.05) is 16.9 Å². The summed E-state index contributed by atoms with van der Waals surface area (Å²) >= 11 is 1.58. The lowest BCUT2D eigenvalue weighted by Crippen LogP contribution is -2.16. The minimum atomic E-state index is -2.86. The smallest absolute Gasteiger partial charge is 0.310 e. The van der Waals surface area contributed by atoms with E-state index in [1.54, 1.807) is 18.0 Å². The van der Waals surface area contributed by atoms with Crippen LogP contribution in [-0.4, -0.2) is 11.4 Å². The number of hydrogen-bond donors (Lipinski definition) is 1. The van der Waals surface area contributed by atoms with Crippen molar-refractivity contribution in [3.8, 4) is 5.75 Å². The van der Waals surface area contributed by atoms with Crippen LogP contribution in [0.1, 0.15) is 31.9 Å². The Bertz CT molecular complexity index is 443. The van der Waals surface area contributed by atoms with Gasteiger partial charge in [-0.1, -0.05) is 24.1 Å². The summed E-state index contributed by atoms with van der Waals surface area (Å²) in [4.78, 5) is 0. The molecule has 2 nitrogen and oxygen atoms in total. The maximum absolute atomic E-state index is 13.5. The first-order valence-electron chi connectivity index (χ1n) is 5.83. The van der Waals surface area contributed by atoms with Crippen LogP contribution < -0.4 is 9.46 Å². The number of hydrogen-bond acceptors (Lipinski definition) is 3. The van der Waals surface area contributed by atoms with E-state index in [1.807, 2.05) is 6.07 Å². The van der Waals surface area contributed by atoms with Crippen molar-refractivity contribution in [2.24, 2.45) is 0 Å². The molecule has 1 aliphatic heterocycles. The predicted molar refractivity (Wildman–Crippen MR) is 70.0 cm³/mol. The third-order valence-electron chi connectivity index (χ3n) is 2.53. The molecule has 0 fully saturated rings. The molecular weight excluding hydrogens is 256 g/mol. The first-order chi connectivity index (χ1) is 8.30. The van der Waals surface area contributed by atoms with Crippen LogP contribution in [0.3, 0.4) is 0 Å². The molecule has 0 amide bonds. The normalized spacial score (nSPS) is 17.4. The molecule has 1 aliphatic rings. The first kappa shape index (κ1) is 13.6. The summed E-state index contributed by atoms with van der Waals surface area (Å²) in [7, 11) is 0. The van der Waals surface area contributed by atoms with Crippen LogP contribution >= 0.6 is 11.9 Å². The molecule has 0 unspecified atom stereocenters. The summed E-state index contributed by atoms with van der Waals surface area (Å²) in [6.45, 7) is 6.23. The van der Waals surface area contributed by atoms with E-state index in [2.05, 4.69) is 25.5 Å². The third kappa shape index (κ3) is 2.95. The Morgan fingerprint density at radius 3 is 2.78 bits per heavy atom. The number of alkyl halides is 2. The second-order valence-corrected chi connectivity index (χ2v) is 7.04. The highest BCUT2D eigenvalue weighted by Gasteiger charge is 2.42. The van der Waals surface area contributed by atoms with Crippen LogP contribution in [-0.2, 0) is 12.5 Å². The lowest BCUT2D eigenvalue weighted by atomic mass is 10.1. The molecule has 1 N–H and O–H groups in total. The number of para-hydroxylation sites is 1. The second kappa shape index (κ2) is 4.70. The zero-order valence-corrected chi connectivity index (χ0v) is 11.5. The van der Waals surface area contributed by atoms with Gasteiger partial charge in [0.1, 0.15) is 5.75 Å². The van der Waals surface area contributed by atoms with E-state index in [1.165, 1.54) is 6.07 Å². The molecular formula is C13H17F2NOS. The van der Waals surface area contributed by atoms with Gasteiger partial charge in [0.2, 0.25) is 0 Å². The van der Waals surface area contributed by atoms with E-state index < -0.39 is 12.5 Å². The van der Waals surface area contributed by atoms with Gasteiger partial charge in [-0.2, -0.15) is 8.78 Å². The van der Waals surface area contributed by atoms with Gasteiger partial charge < -0.3 is 4.74 Å². The van der Waals surface area contributed by atoms with E-state index in [9.17, 15) is 8.78 Å². The highest BCUT2D eigenvalue weighted by Crippen LogP contribution is 2.43. The topological polar surface area (TPSA) is 21.3 Å². The van der Waals surface area contributed by atoms with Crippen LogP contribution in [0.15, 0.2) is 18.2 Å². The van der Waals surface area contributed by atoms with Crippen LogP contribution in [0.5, 0.6) is 5.75 Å². The summed E-state index contributed by atoms with van der Waals surface area (Å²) in [5.41, 5.74) is 0.781. The van der Waals surface area contributed by atoms with Crippen molar-refractivity contribution < 1.29 is 13.5 Å². The lowest BCUT2D eigenvalue weighted by Gasteiger charge is -2.18. The molecule has 2 rings (SSSR count). The summed E-state index contributed by atoms with van der Waals surface area (Å²) in [6.07, 6.45) is 0. The van der Waals surface area contributed by atoms with Gasteiger partial charge >= 0.3 is 5.92 Å². The highest BCUT2D eigenvalue weighted by atomic mass is 32.2. The Balaban J connectivity index is 2.10. The first-order valence-corrected chi connectivity index (χ1v) is 6.65. The zero-order valence-electron chi connectivity index (χ0n) is 10.7. The number of ether oxygens (including phenoxy) is 1. The maximum Gasteiger partial charge on any atom is 0.310 e. The van der Waals surface area contributed by atoms with Crippen LogP contribution in [0, 0.1) is 0 Å². The van der Waals surface area contributed by atoms with Crippen LogP contribution in [0.4, 0.5) is 8.78 Å². The molecule has 0 atom stereocenters. The molecule has 0 saturated carbocycles. The SMILES string of the molecule is CC(C)(C)SNCc1cccc2c1OCC2(F)F. The standard InChI is InChI=1S/C13H17F2NOS/c1-12(2,3)18-16-7-9-5-4-6-10-11(9)17-8-13(10,14)15/h4-6,16H,7-8H2,1-3H3. The molecule has 1 aromatic carbocycles. The summed E-state index contributed by atoms with van der Waals surface area (Å²) in [5.74, 6) is -2.52. The van der Waals surface area contributed by atoms with Crippen LogP contribution in [0.25, 0.3) is 0 Å². The molecule has 1 heterocycles. The largest absolute Gasteiger partial charge is 0.486 e. The van der Waals surface area contributed by atoms with Crippen molar-refractivity contribution in [3.63, 3.8) is 0 Å². The summed E-state index contributed by atoms with van der Waals surface area (Å²) in [5, 5.41) is 0. The number of benzene rings is 1. The fourth-order valence-electron chi connectivity index (χ4n) is 1.75. The second-order valence-electron chi connectivity index (χ2n) is 5.32. The molecule has 0 saturated heterocycles. The van der Waals surface area contributed by atoms with Crippen molar-refractivity contribution in [3.05, 3.63) is 29.3 Å². The highest BCUT2D eigenvalue weighted by molar-refractivity contribution is 7.98. The average Bonchev–Trinajstić information content (AvgIpc) is 2.54. The Labute approximate surface area is 110 Å². The number of rotatable bonds is 3. The fraction of sp³-hybridized carbons (Fsp3) is 0.538. The van der Waals surface area contributed by atoms with Gasteiger partial charge in [-0.05, 0) is 26.8 Å². The monoisotopic (exact) mass is 273 g/mol. The van der Waals surface area contributed by atoms with E-state index in [0.717, 1.165) is 5.56 Å². The van der Waals surface area contributed by atoms with E-state index in [4.69, 9.17) is 4.74 Å². The van der Waals surface area contributed by atoms with Gasteiger partial charge in [-0.3, -0.25) is 4.72 Å². The van der Waals surface area contributed by atoms with E-state index in [-0.39, 0.29) is 10.3 Å². The Morgan fingerprint density at radius 2 is 2.11 bits per heavy atom. The van der Waals surface area contributed by atoms with Crippen molar-refractivity contribution in [2.45, 2.75) is 38.0 Å². The molecule has 18 heavy (non-hydrogen) atoms. The molecule has 1 aromatic rings. The van der Waals surface area contributed by atoms with Gasteiger partial charge in [-0.15, -0.1) is 0 Å². The molecule has 100 valence electrons. The molecule has 0 aliphatic carbocycles. The molecule has 5 heteroatoms. The van der Waals surface area contributed by atoms with Crippen LogP contribution in [0.2, 0.25) is 0 Å².